The fraction of sp³-hybridized carbons (Fsp3) is 0.419. The van der Waals surface area contributed by atoms with Crippen molar-refractivity contribution >= 4 is 68.3 Å². The Morgan fingerprint density at radius 3 is 2.64 bits per heavy atom. The number of likely N-dealkylation sites (tertiary alicyclic amines) is 1. The number of carbonyl (C=O) groups excluding carboxylic acids is 2. The predicted octanol–water partition coefficient (Wildman–Crippen LogP) is 7.44. The normalized spacial score (nSPS) is 18.7. The highest BCUT2D eigenvalue weighted by Gasteiger charge is 2.36. The molecule has 2 fully saturated rings. The number of nitrogens with zero attached hydrogens (tertiary/aromatic N) is 7. The number of halogens is 2. The van der Waals surface area contributed by atoms with Crippen LogP contribution in [0.1, 0.15) is 54.7 Å². The molecule has 3 aromatic carbocycles. The Balaban J connectivity index is 1.10. The van der Waals surface area contributed by atoms with E-state index in [1.165, 1.54) is 6.08 Å². The SMILES string of the molecule is [C-]#[N+]C[C@H]1CN(c2nc(OC[C@@H]3CCCN3CCC(C)(C)OC(=O)c3cccc(I)c3)nc3c2CCN(c2cccc4cccc(Cl)c24)C3)CCN1C(=O)C=C. The van der Waals surface area contributed by atoms with Crippen molar-refractivity contribution in [2.75, 3.05) is 62.2 Å². The first kappa shape index (κ1) is 39.8. The van der Waals surface area contributed by atoms with Gasteiger partial charge in [0.1, 0.15) is 24.1 Å². The van der Waals surface area contributed by atoms with Crippen LogP contribution >= 0.6 is 34.2 Å². The molecule has 1 aromatic heterocycles. The zero-order valence-corrected chi connectivity index (χ0v) is 34.8. The summed E-state index contributed by atoms with van der Waals surface area (Å²) in [5, 5.41) is 2.81. The molecule has 0 bridgehead atoms. The molecule has 0 unspecified atom stereocenters. The number of anilines is 2. The third-order valence-electron chi connectivity index (χ3n) is 11.1. The van der Waals surface area contributed by atoms with Gasteiger partial charge in [-0.25, -0.2) is 11.4 Å². The predicted molar refractivity (Wildman–Crippen MR) is 228 cm³/mol. The molecule has 292 valence electrons. The number of ether oxygens (including phenoxy) is 2. The Kier molecular flexibility index (Phi) is 12.3. The molecular formula is C43H47ClIN7O4. The summed E-state index contributed by atoms with van der Waals surface area (Å²) in [6.07, 6.45) is 4.74. The lowest BCUT2D eigenvalue weighted by atomic mass is 10.0. The van der Waals surface area contributed by atoms with Crippen molar-refractivity contribution < 1.29 is 19.1 Å². The Labute approximate surface area is 347 Å². The number of piperazine rings is 1. The number of rotatable bonds is 12. The van der Waals surface area contributed by atoms with Crippen molar-refractivity contribution in [1.29, 1.82) is 0 Å². The molecule has 3 aliphatic heterocycles. The van der Waals surface area contributed by atoms with E-state index in [9.17, 15) is 9.59 Å². The van der Waals surface area contributed by atoms with E-state index in [1.807, 2.05) is 44.2 Å². The van der Waals surface area contributed by atoms with Crippen molar-refractivity contribution in [2.24, 2.45) is 0 Å². The average Bonchev–Trinajstić information content (AvgIpc) is 3.66. The van der Waals surface area contributed by atoms with E-state index in [0.29, 0.717) is 62.2 Å². The Bertz CT molecular complexity index is 2150. The van der Waals surface area contributed by atoms with Crippen molar-refractivity contribution in [3.05, 3.63) is 110 Å². The van der Waals surface area contributed by atoms with E-state index in [4.69, 9.17) is 37.6 Å². The minimum Gasteiger partial charge on any atom is -0.462 e. The molecule has 56 heavy (non-hydrogen) atoms. The average molecular weight is 888 g/mol. The van der Waals surface area contributed by atoms with Gasteiger partial charge in [0.25, 0.3) is 0 Å². The summed E-state index contributed by atoms with van der Waals surface area (Å²) in [6, 6.07) is 19.9. The van der Waals surface area contributed by atoms with E-state index in [1.54, 1.807) is 11.0 Å². The van der Waals surface area contributed by atoms with Gasteiger partial charge >= 0.3 is 12.0 Å². The molecule has 0 saturated carbocycles. The van der Waals surface area contributed by atoms with Crippen LogP contribution in [-0.4, -0.2) is 102 Å². The number of benzene rings is 3. The highest BCUT2D eigenvalue weighted by atomic mass is 127. The maximum absolute atomic E-state index is 12.9. The molecule has 2 saturated heterocycles. The lowest BCUT2D eigenvalue weighted by Crippen LogP contribution is -2.56. The number of amides is 1. The van der Waals surface area contributed by atoms with Gasteiger partial charge in [0.05, 0.1) is 22.8 Å². The molecule has 0 N–H and O–H groups in total. The van der Waals surface area contributed by atoms with Crippen LogP contribution in [0.3, 0.4) is 0 Å². The third-order valence-corrected chi connectivity index (χ3v) is 12.1. The van der Waals surface area contributed by atoms with E-state index in [0.717, 1.165) is 69.6 Å². The Morgan fingerprint density at radius 2 is 1.86 bits per heavy atom. The third kappa shape index (κ3) is 8.90. The molecule has 2 atom stereocenters. The number of esters is 1. The summed E-state index contributed by atoms with van der Waals surface area (Å²) in [5.41, 5.74) is 2.93. The second-order valence-corrected chi connectivity index (χ2v) is 16.9. The van der Waals surface area contributed by atoms with E-state index in [2.05, 4.69) is 73.0 Å². The lowest BCUT2D eigenvalue weighted by Gasteiger charge is -2.41. The number of carbonyl (C=O) groups is 2. The number of hydrogen-bond acceptors (Lipinski definition) is 9. The van der Waals surface area contributed by atoms with Crippen LogP contribution < -0.4 is 14.5 Å². The minimum absolute atomic E-state index is 0.158. The second kappa shape index (κ2) is 17.4. The van der Waals surface area contributed by atoms with Gasteiger partial charge in [0.2, 0.25) is 12.5 Å². The van der Waals surface area contributed by atoms with Gasteiger partial charge in [-0.05, 0) is 110 Å². The molecule has 0 aliphatic carbocycles. The molecule has 11 nitrogen and oxygen atoms in total. The minimum atomic E-state index is -0.644. The monoisotopic (exact) mass is 887 g/mol. The van der Waals surface area contributed by atoms with Gasteiger partial charge in [0.15, 0.2) is 0 Å². The fourth-order valence-corrected chi connectivity index (χ4v) is 8.94. The largest absolute Gasteiger partial charge is 0.462 e. The summed E-state index contributed by atoms with van der Waals surface area (Å²) in [5.74, 6) is 0.331. The molecule has 4 heterocycles. The van der Waals surface area contributed by atoms with Gasteiger partial charge in [0, 0.05) is 59.0 Å². The number of fused-ring (bicyclic) bond motifs is 2. The first-order chi connectivity index (χ1) is 27.0. The summed E-state index contributed by atoms with van der Waals surface area (Å²) in [4.78, 5) is 48.1. The van der Waals surface area contributed by atoms with E-state index >= 15 is 0 Å². The van der Waals surface area contributed by atoms with Crippen LogP contribution in [0.4, 0.5) is 11.5 Å². The van der Waals surface area contributed by atoms with E-state index < -0.39 is 5.60 Å². The maximum Gasteiger partial charge on any atom is 0.338 e. The zero-order valence-electron chi connectivity index (χ0n) is 31.9. The first-order valence-electron chi connectivity index (χ1n) is 19.2. The van der Waals surface area contributed by atoms with Crippen LogP contribution in [0.25, 0.3) is 15.6 Å². The highest BCUT2D eigenvalue weighted by Crippen LogP contribution is 2.37. The van der Waals surface area contributed by atoms with Crippen molar-refractivity contribution in [3.63, 3.8) is 0 Å². The van der Waals surface area contributed by atoms with E-state index in [-0.39, 0.29) is 30.5 Å². The molecule has 13 heteroatoms. The molecule has 3 aliphatic rings. The summed E-state index contributed by atoms with van der Waals surface area (Å²) in [7, 11) is 0. The quantitative estimate of drug-likeness (QED) is 0.0623. The topological polar surface area (TPSA) is 95.7 Å². The van der Waals surface area contributed by atoms with Gasteiger partial charge in [-0.2, -0.15) is 9.97 Å². The van der Waals surface area contributed by atoms with Crippen LogP contribution in [-0.2, 0) is 22.5 Å². The Hall–Kier alpha value is -4.45. The van der Waals surface area contributed by atoms with Gasteiger partial charge in [-0.1, -0.05) is 48.5 Å². The lowest BCUT2D eigenvalue weighted by molar-refractivity contribution is -0.128. The van der Waals surface area contributed by atoms with Crippen molar-refractivity contribution in [2.45, 2.75) is 63.8 Å². The van der Waals surface area contributed by atoms with Crippen LogP contribution in [0.5, 0.6) is 6.01 Å². The van der Waals surface area contributed by atoms with Crippen LogP contribution in [0, 0.1) is 10.1 Å². The first-order valence-corrected chi connectivity index (χ1v) is 20.7. The van der Waals surface area contributed by atoms with Gasteiger partial charge < -0.3 is 29.0 Å². The molecule has 4 aromatic rings. The molecule has 1 amide bonds. The summed E-state index contributed by atoms with van der Waals surface area (Å²) < 4.78 is 13.5. The zero-order chi connectivity index (χ0) is 39.4. The number of aromatic nitrogens is 2. The summed E-state index contributed by atoms with van der Waals surface area (Å²) >= 11 is 8.97. The van der Waals surface area contributed by atoms with Crippen molar-refractivity contribution in [3.8, 4) is 6.01 Å². The van der Waals surface area contributed by atoms with Crippen LogP contribution in [0.2, 0.25) is 5.02 Å². The second-order valence-electron chi connectivity index (χ2n) is 15.3. The standard InChI is InChI=1S/C43H47ClIN7O4/c1-5-38(53)52-23-22-51(26-33(52)25-46-4)40-34-17-20-50(37-16-8-11-29-10-7-15-35(44)39(29)37)27-36(34)47-42(48-40)55-28-32-14-9-19-49(32)21-18-43(2,3)56-41(54)30-12-6-13-31(45)24-30/h5-8,10-13,15-16,24,32-33H,1,9,14,17-23,25-28H2,2-3H3/t32-,33-/m0/s1. The molecule has 0 radical (unpaired) electrons. The maximum atomic E-state index is 12.9. The summed E-state index contributed by atoms with van der Waals surface area (Å²) in [6.45, 7) is 20.4. The van der Waals surface area contributed by atoms with Gasteiger partial charge in [-0.3, -0.25) is 9.69 Å². The number of hydrogen-bond donors (Lipinski definition) is 0. The van der Waals surface area contributed by atoms with Crippen LogP contribution in [0.15, 0.2) is 73.3 Å². The fourth-order valence-electron chi connectivity index (χ4n) is 8.11. The Morgan fingerprint density at radius 1 is 1.05 bits per heavy atom. The smallest absolute Gasteiger partial charge is 0.338 e. The molecule has 7 rings (SSSR count). The molecule has 0 spiro atoms. The van der Waals surface area contributed by atoms with Gasteiger partial charge in [-0.15, -0.1) is 0 Å². The molecular weight excluding hydrogens is 841 g/mol. The highest BCUT2D eigenvalue weighted by molar-refractivity contribution is 14.1. The van der Waals surface area contributed by atoms with Crippen molar-refractivity contribution in [1.82, 2.24) is 19.8 Å².